The van der Waals surface area contributed by atoms with E-state index in [1.807, 2.05) is 32.9 Å². The lowest BCUT2D eigenvalue weighted by molar-refractivity contribution is 0.0953. The molecule has 2 nitrogen and oxygen atoms in total. The molecule has 1 atom stereocenters. The van der Waals surface area contributed by atoms with Crippen molar-refractivity contribution >= 4 is 13.6 Å². The van der Waals surface area contributed by atoms with Gasteiger partial charge in [-0.1, -0.05) is 22.3 Å². The Kier molecular flexibility index (Phi) is 3.88. The molecule has 1 aromatic carbocycles. The Balaban J connectivity index is 3.36. The van der Waals surface area contributed by atoms with Gasteiger partial charge in [-0.2, -0.15) is 0 Å². The fourth-order valence-electron chi connectivity index (χ4n) is 1.99. The summed E-state index contributed by atoms with van der Waals surface area (Å²) in [6.07, 6.45) is 0. The van der Waals surface area contributed by atoms with Gasteiger partial charge < -0.3 is 0 Å². The topological polar surface area (TPSA) is 34.1 Å². The van der Waals surface area contributed by atoms with E-state index in [4.69, 9.17) is 0 Å². The lowest BCUT2D eigenvalue weighted by atomic mass is 9.91. The zero-order valence-corrected chi connectivity index (χ0v) is 12.3. The molecule has 0 heterocycles. The molecule has 0 spiro atoms. The smallest absolute Gasteiger partial charge is 0.289 e. The van der Waals surface area contributed by atoms with Crippen molar-refractivity contribution in [3.63, 3.8) is 0 Å². The average Bonchev–Trinajstić information content (AvgIpc) is 2.15. The Morgan fingerprint density at radius 1 is 1.12 bits per heavy atom. The molecule has 0 saturated carbocycles. The quantitative estimate of drug-likeness (QED) is 0.600. The molecule has 0 aromatic heterocycles. The molecule has 0 aliphatic carbocycles. The van der Waals surface area contributed by atoms with Gasteiger partial charge in [-0.3, -0.25) is 4.79 Å². The van der Waals surface area contributed by atoms with Gasteiger partial charge in [0, 0.05) is 5.56 Å². The summed E-state index contributed by atoms with van der Waals surface area (Å²) in [6.45, 7) is 11.0. The zero-order valence-electron chi connectivity index (χ0n) is 11.4. The van der Waals surface area contributed by atoms with Crippen LogP contribution in [0, 0.1) is 20.8 Å². The van der Waals surface area contributed by atoms with Gasteiger partial charge >= 0.3 is 7.80 Å². The van der Waals surface area contributed by atoms with Crippen LogP contribution in [0.1, 0.15) is 40.9 Å². The van der Waals surface area contributed by atoms with Crippen molar-refractivity contribution in [3.05, 3.63) is 34.4 Å². The van der Waals surface area contributed by atoms with Crippen molar-refractivity contribution in [1.29, 1.82) is 0 Å². The van der Waals surface area contributed by atoms with Crippen LogP contribution in [0.15, 0.2) is 12.1 Å². The van der Waals surface area contributed by atoms with Crippen LogP contribution in [0.2, 0.25) is 0 Å². The fraction of sp³-hybridized carbons (Fsp3) is 0.500. The third-order valence-electron chi connectivity index (χ3n) is 3.25. The number of hydrogen-bond donors (Lipinski definition) is 0. The third kappa shape index (κ3) is 2.63. The lowest BCUT2D eigenvalue weighted by Crippen LogP contribution is -2.29. The van der Waals surface area contributed by atoms with E-state index in [1.165, 1.54) is 0 Å². The van der Waals surface area contributed by atoms with Gasteiger partial charge in [0.1, 0.15) is 6.66 Å². The van der Waals surface area contributed by atoms with Crippen LogP contribution in [0.4, 0.5) is 0 Å². The highest BCUT2D eigenvalue weighted by atomic mass is 31.1. The molecular weight excluding hydrogens is 231 g/mol. The number of hydrogen-bond acceptors (Lipinski definition) is 2. The Hall–Kier alpha value is -1.01. The summed E-state index contributed by atoms with van der Waals surface area (Å²) >= 11 is 0. The minimum absolute atomic E-state index is 0.0175. The molecule has 0 saturated heterocycles. The normalized spacial score (nSPS) is 12.5. The first-order valence-electron chi connectivity index (χ1n) is 5.71. The predicted octanol–water partition coefficient (Wildman–Crippen LogP) is 4.03. The standard InChI is InChI=1S/C14H20O2P/c1-9-7-10(2)12(11(3)8-9)13(15)14(4,5)17(6)16/h7-8H,1-6H3/q+1. The Bertz CT molecular complexity index is 464. The number of rotatable bonds is 3. The second kappa shape index (κ2) is 4.70. The molecule has 0 aliphatic rings. The Morgan fingerprint density at radius 3 is 1.88 bits per heavy atom. The minimum atomic E-state index is -1.54. The molecule has 1 aromatic rings. The first-order chi connectivity index (χ1) is 7.67. The number of aryl methyl sites for hydroxylation is 3. The number of ketones is 1. The summed E-state index contributed by atoms with van der Waals surface area (Å²) in [4.78, 5) is 12.5. The zero-order chi connectivity index (χ0) is 13.4. The van der Waals surface area contributed by atoms with Crippen molar-refractivity contribution in [3.8, 4) is 0 Å². The molecule has 0 radical (unpaired) electrons. The van der Waals surface area contributed by atoms with Gasteiger partial charge in [0.05, 0.1) is 0 Å². The third-order valence-corrected chi connectivity index (χ3v) is 5.02. The van der Waals surface area contributed by atoms with Gasteiger partial charge in [0.25, 0.3) is 0 Å². The van der Waals surface area contributed by atoms with Crippen LogP contribution in [-0.2, 0) is 4.57 Å². The maximum atomic E-state index is 12.5. The van der Waals surface area contributed by atoms with E-state index in [-0.39, 0.29) is 5.78 Å². The van der Waals surface area contributed by atoms with E-state index >= 15 is 0 Å². The molecule has 1 rings (SSSR count). The number of benzene rings is 1. The van der Waals surface area contributed by atoms with Gasteiger partial charge in [-0.05, 0) is 45.7 Å². The van der Waals surface area contributed by atoms with Crippen molar-refractivity contribution in [1.82, 2.24) is 0 Å². The van der Waals surface area contributed by atoms with Crippen LogP contribution in [0.25, 0.3) is 0 Å². The van der Waals surface area contributed by atoms with E-state index in [1.54, 1.807) is 20.5 Å². The summed E-state index contributed by atoms with van der Waals surface area (Å²) in [5.74, 6) is -0.0175. The minimum Gasteiger partial charge on any atom is -0.289 e. The number of carbonyl (C=O) groups is 1. The SMILES string of the molecule is Cc1cc(C)c(C(=O)C(C)(C)[P+](C)=O)c(C)c1. The molecule has 0 bridgehead atoms. The van der Waals surface area contributed by atoms with E-state index in [0.717, 1.165) is 22.3 Å². The van der Waals surface area contributed by atoms with Crippen LogP contribution in [-0.4, -0.2) is 17.6 Å². The highest BCUT2D eigenvalue weighted by Crippen LogP contribution is 2.39. The highest BCUT2D eigenvalue weighted by molar-refractivity contribution is 7.47. The summed E-state index contributed by atoms with van der Waals surface area (Å²) in [7, 11) is -1.54. The summed E-state index contributed by atoms with van der Waals surface area (Å²) in [6, 6.07) is 4.00. The second-order valence-corrected chi connectivity index (χ2v) is 7.27. The Morgan fingerprint density at radius 2 is 1.53 bits per heavy atom. The molecule has 3 heteroatoms. The van der Waals surface area contributed by atoms with E-state index in [9.17, 15) is 9.36 Å². The molecule has 0 fully saturated rings. The first-order valence-corrected chi connectivity index (χ1v) is 7.42. The van der Waals surface area contributed by atoms with Crippen LogP contribution < -0.4 is 0 Å². The predicted molar refractivity (Wildman–Crippen MR) is 72.6 cm³/mol. The number of carbonyl (C=O) groups excluding carboxylic acids is 1. The van der Waals surface area contributed by atoms with Gasteiger partial charge in [0.2, 0.25) is 10.9 Å². The van der Waals surface area contributed by atoms with Crippen molar-refractivity contribution < 1.29 is 9.36 Å². The van der Waals surface area contributed by atoms with Crippen LogP contribution >= 0.6 is 7.80 Å². The average molecular weight is 251 g/mol. The van der Waals surface area contributed by atoms with Crippen molar-refractivity contribution in [2.75, 3.05) is 6.66 Å². The van der Waals surface area contributed by atoms with Gasteiger partial charge in [0.15, 0.2) is 0 Å². The lowest BCUT2D eigenvalue weighted by Gasteiger charge is -2.16. The van der Waals surface area contributed by atoms with Crippen molar-refractivity contribution in [2.24, 2.45) is 0 Å². The fourth-order valence-corrected chi connectivity index (χ4v) is 2.38. The molecular formula is C14H20O2P+. The first kappa shape index (κ1) is 14.1. The maximum Gasteiger partial charge on any atom is 0.349 e. The molecule has 0 aliphatic heterocycles. The summed E-state index contributed by atoms with van der Waals surface area (Å²) < 4.78 is 11.7. The van der Waals surface area contributed by atoms with E-state index in [0.29, 0.717) is 0 Å². The summed E-state index contributed by atoms with van der Waals surface area (Å²) in [5, 5.41) is -0.792. The van der Waals surface area contributed by atoms with E-state index < -0.39 is 13.0 Å². The maximum absolute atomic E-state index is 12.5. The molecule has 0 N–H and O–H groups in total. The monoisotopic (exact) mass is 251 g/mol. The van der Waals surface area contributed by atoms with Crippen LogP contribution in [0.5, 0.6) is 0 Å². The Labute approximate surface area is 104 Å². The molecule has 0 amide bonds. The molecule has 1 unspecified atom stereocenters. The van der Waals surface area contributed by atoms with E-state index in [2.05, 4.69) is 0 Å². The largest absolute Gasteiger partial charge is 0.349 e. The summed E-state index contributed by atoms with van der Waals surface area (Å²) in [5.41, 5.74) is 3.82. The second-order valence-electron chi connectivity index (χ2n) is 5.16. The number of Topliss-reactive ketones (excluding diaryl/α,β-unsaturated/α-hetero) is 1. The molecule has 92 valence electrons. The van der Waals surface area contributed by atoms with Crippen molar-refractivity contribution in [2.45, 2.75) is 39.8 Å². The van der Waals surface area contributed by atoms with Gasteiger partial charge in [-0.25, -0.2) is 0 Å². The van der Waals surface area contributed by atoms with Gasteiger partial charge in [-0.15, -0.1) is 0 Å². The highest BCUT2D eigenvalue weighted by Gasteiger charge is 2.44. The molecule has 17 heavy (non-hydrogen) atoms. The van der Waals surface area contributed by atoms with Crippen LogP contribution in [0.3, 0.4) is 0 Å².